The van der Waals surface area contributed by atoms with Crippen LogP contribution in [0.4, 0.5) is 0 Å². The summed E-state index contributed by atoms with van der Waals surface area (Å²) in [7, 11) is 0. The van der Waals surface area contributed by atoms with Gasteiger partial charge in [0.2, 0.25) is 0 Å². The first-order valence-electron chi connectivity index (χ1n) is 6.75. The number of ether oxygens (including phenoxy) is 1. The SMILES string of the molecule is CCOc1ccc2sc(Cc3cc(Br)ccc3Cl)cc2c1. The molecular weight excluding hydrogens is 368 g/mol. The fourth-order valence-corrected chi connectivity index (χ4v) is 3.95. The number of thiophene rings is 1. The van der Waals surface area contributed by atoms with Gasteiger partial charge < -0.3 is 4.74 Å². The lowest BCUT2D eigenvalue weighted by Crippen LogP contribution is -1.89. The molecular formula is C17H14BrClOS. The molecule has 0 saturated heterocycles. The van der Waals surface area contributed by atoms with Gasteiger partial charge >= 0.3 is 0 Å². The Bertz CT molecular complexity index is 782. The zero-order valence-corrected chi connectivity index (χ0v) is 14.7. The van der Waals surface area contributed by atoms with Gasteiger partial charge in [-0.3, -0.25) is 0 Å². The van der Waals surface area contributed by atoms with Crippen molar-refractivity contribution < 1.29 is 4.74 Å². The van der Waals surface area contributed by atoms with Crippen LogP contribution < -0.4 is 4.74 Å². The zero-order chi connectivity index (χ0) is 14.8. The van der Waals surface area contributed by atoms with Crippen LogP contribution in [-0.4, -0.2) is 6.61 Å². The topological polar surface area (TPSA) is 9.23 Å². The van der Waals surface area contributed by atoms with Crippen molar-refractivity contribution >= 4 is 49.0 Å². The van der Waals surface area contributed by atoms with E-state index in [-0.39, 0.29) is 0 Å². The van der Waals surface area contributed by atoms with Gasteiger partial charge in [-0.05, 0) is 60.3 Å². The lowest BCUT2D eigenvalue weighted by molar-refractivity contribution is 0.341. The van der Waals surface area contributed by atoms with Crippen LogP contribution >= 0.6 is 38.9 Å². The lowest BCUT2D eigenvalue weighted by Gasteiger charge is -2.02. The minimum Gasteiger partial charge on any atom is -0.494 e. The molecule has 0 aliphatic rings. The average molecular weight is 382 g/mol. The maximum atomic E-state index is 6.28. The number of hydrogen-bond donors (Lipinski definition) is 0. The van der Waals surface area contributed by atoms with Gasteiger partial charge in [-0.15, -0.1) is 11.3 Å². The normalized spacial score (nSPS) is 11.0. The van der Waals surface area contributed by atoms with Crippen LogP contribution in [0.15, 0.2) is 46.9 Å². The van der Waals surface area contributed by atoms with E-state index in [9.17, 15) is 0 Å². The van der Waals surface area contributed by atoms with Crippen LogP contribution in [0.25, 0.3) is 10.1 Å². The second-order valence-corrected chi connectivity index (χ2v) is 7.25. The molecule has 21 heavy (non-hydrogen) atoms. The number of hydrogen-bond acceptors (Lipinski definition) is 2. The standard InChI is InChI=1S/C17H14BrClOS/c1-2-20-14-4-6-17-12(8-14)10-15(21-17)9-11-7-13(18)3-5-16(11)19/h3-8,10H,2,9H2,1H3. The summed E-state index contributed by atoms with van der Waals surface area (Å²) in [6.07, 6.45) is 0.849. The second kappa shape index (κ2) is 6.39. The second-order valence-electron chi connectivity index (χ2n) is 4.76. The molecule has 0 aliphatic carbocycles. The van der Waals surface area contributed by atoms with Crippen LogP contribution in [0.5, 0.6) is 5.75 Å². The van der Waals surface area contributed by atoms with Gasteiger partial charge in [0.15, 0.2) is 0 Å². The Kier molecular flexibility index (Phi) is 4.53. The van der Waals surface area contributed by atoms with Crippen molar-refractivity contribution in [2.24, 2.45) is 0 Å². The largest absolute Gasteiger partial charge is 0.494 e. The van der Waals surface area contributed by atoms with Gasteiger partial charge in [-0.2, -0.15) is 0 Å². The van der Waals surface area contributed by atoms with Gasteiger partial charge in [0.25, 0.3) is 0 Å². The smallest absolute Gasteiger partial charge is 0.119 e. The summed E-state index contributed by atoms with van der Waals surface area (Å²) in [5, 5.41) is 2.04. The molecule has 0 bridgehead atoms. The van der Waals surface area contributed by atoms with E-state index in [0.717, 1.165) is 27.2 Å². The van der Waals surface area contributed by atoms with E-state index < -0.39 is 0 Å². The van der Waals surface area contributed by atoms with E-state index in [2.05, 4.69) is 40.2 Å². The van der Waals surface area contributed by atoms with E-state index >= 15 is 0 Å². The number of benzene rings is 2. The summed E-state index contributed by atoms with van der Waals surface area (Å²) in [6.45, 7) is 2.69. The van der Waals surface area contributed by atoms with Crippen molar-refractivity contribution in [1.29, 1.82) is 0 Å². The van der Waals surface area contributed by atoms with Crippen molar-refractivity contribution in [2.45, 2.75) is 13.3 Å². The third kappa shape index (κ3) is 3.42. The molecule has 0 N–H and O–H groups in total. The molecule has 4 heteroatoms. The minimum absolute atomic E-state index is 0.691. The molecule has 108 valence electrons. The van der Waals surface area contributed by atoms with E-state index in [1.54, 1.807) is 11.3 Å². The first-order chi connectivity index (χ1) is 10.2. The van der Waals surface area contributed by atoms with Gasteiger partial charge in [-0.1, -0.05) is 27.5 Å². The number of rotatable bonds is 4. The highest BCUT2D eigenvalue weighted by atomic mass is 79.9. The van der Waals surface area contributed by atoms with Gasteiger partial charge in [-0.25, -0.2) is 0 Å². The maximum absolute atomic E-state index is 6.28. The summed E-state index contributed by atoms with van der Waals surface area (Å²) in [5.74, 6) is 0.926. The van der Waals surface area contributed by atoms with Crippen LogP contribution in [-0.2, 0) is 6.42 Å². The third-order valence-corrected chi connectivity index (χ3v) is 5.20. The Morgan fingerprint density at radius 3 is 2.81 bits per heavy atom. The van der Waals surface area contributed by atoms with E-state index in [4.69, 9.17) is 16.3 Å². The van der Waals surface area contributed by atoms with Gasteiger partial charge in [0.05, 0.1) is 6.61 Å². The quantitative estimate of drug-likeness (QED) is 0.515. The number of halogens is 2. The predicted octanol–water partition coefficient (Wildman–Crippen LogP) is 6.31. The van der Waals surface area contributed by atoms with Gasteiger partial charge in [0, 0.05) is 25.5 Å². The molecule has 1 nitrogen and oxygen atoms in total. The van der Waals surface area contributed by atoms with Crippen LogP contribution in [0, 0.1) is 0 Å². The Labute approximate surface area is 141 Å². The van der Waals surface area contributed by atoms with Crippen molar-refractivity contribution in [1.82, 2.24) is 0 Å². The van der Waals surface area contributed by atoms with Crippen LogP contribution in [0.1, 0.15) is 17.4 Å². The molecule has 2 aromatic carbocycles. The molecule has 0 fully saturated rings. The highest BCUT2D eigenvalue weighted by molar-refractivity contribution is 9.10. The zero-order valence-electron chi connectivity index (χ0n) is 11.5. The summed E-state index contributed by atoms with van der Waals surface area (Å²) < 4.78 is 7.89. The molecule has 0 spiro atoms. The molecule has 0 unspecified atom stereocenters. The highest BCUT2D eigenvalue weighted by Gasteiger charge is 2.07. The molecule has 1 heterocycles. The summed E-state index contributed by atoms with van der Waals surface area (Å²) in [6, 6.07) is 14.4. The lowest BCUT2D eigenvalue weighted by atomic mass is 10.1. The Morgan fingerprint density at radius 1 is 1.14 bits per heavy atom. The molecule has 3 aromatic rings. The van der Waals surface area contributed by atoms with Crippen molar-refractivity contribution in [3.8, 4) is 5.75 Å². The van der Waals surface area contributed by atoms with Crippen molar-refractivity contribution in [3.05, 3.63) is 62.4 Å². The first kappa shape index (κ1) is 14.9. The minimum atomic E-state index is 0.691. The summed E-state index contributed by atoms with van der Waals surface area (Å²) >= 11 is 11.6. The number of fused-ring (bicyclic) bond motifs is 1. The Hall–Kier alpha value is -1.03. The maximum Gasteiger partial charge on any atom is 0.119 e. The van der Waals surface area contributed by atoms with Crippen molar-refractivity contribution in [2.75, 3.05) is 6.61 Å². The van der Waals surface area contributed by atoms with E-state index in [1.807, 2.05) is 25.1 Å². The van der Waals surface area contributed by atoms with Crippen LogP contribution in [0.3, 0.4) is 0 Å². The molecule has 0 saturated carbocycles. The summed E-state index contributed by atoms with van der Waals surface area (Å²) in [5.41, 5.74) is 1.14. The first-order valence-corrected chi connectivity index (χ1v) is 8.73. The highest BCUT2D eigenvalue weighted by Crippen LogP contribution is 2.32. The Balaban J connectivity index is 1.92. The fraction of sp³-hybridized carbons (Fsp3) is 0.176. The van der Waals surface area contributed by atoms with E-state index in [1.165, 1.54) is 15.0 Å². The molecule has 0 amide bonds. The predicted molar refractivity (Wildman–Crippen MR) is 95.0 cm³/mol. The van der Waals surface area contributed by atoms with E-state index in [0.29, 0.717) is 6.61 Å². The third-order valence-electron chi connectivity index (χ3n) is 3.22. The van der Waals surface area contributed by atoms with Crippen molar-refractivity contribution in [3.63, 3.8) is 0 Å². The fourth-order valence-electron chi connectivity index (χ4n) is 2.29. The Morgan fingerprint density at radius 2 is 2.00 bits per heavy atom. The molecule has 0 atom stereocenters. The molecule has 0 aliphatic heterocycles. The van der Waals surface area contributed by atoms with Gasteiger partial charge in [0.1, 0.15) is 5.75 Å². The average Bonchev–Trinajstić information content (AvgIpc) is 2.85. The monoisotopic (exact) mass is 380 g/mol. The van der Waals surface area contributed by atoms with Crippen LogP contribution in [0.2, 0.25) is 5.02 Å². The summed E-state index contributed by atoms with van der Waals surface area (Å²) in [4.78, 5) is 1.30. The molecule has 0 radical (unpaired) electrons. The molecule has 1 aromatic heterocycles. The molecule has 3 rings (SSSR count).